The maximum atomic E-state index is 13.3. The van der Waals surface area contributed by atoms with E-state index in [4.69, 9.17) is 4.74 Å². The molecule has 0 saturated carbocycles. The lowest BCUT2D eigenvalue weighted by molar-refractivity contribution is -0.149. The number of nitrogens with one attached hydrogen (secondary N) is 1. The zero-order chi connectivity index (χ0) is 24.0. The Hall–Kier alpha value is -3.42. The third-order valence-electron chi connectivity index (χ3n) is 5.74. The van der Waals surface area contributed by atoms with E-state index in [1.54, 1.807) is 11.5 Å². The van der Waals surface area contributed by atoms with E-state index >= 15 is 0 Å². The van der Waals surface area contributed by atoms with E-state index in [1.165, 1.54) is 17.3 Å². The molecule has 1 aliphatic heterocycles. The number of likely N-dealkylation sites (tertiary alicyclic amines) is 1. The number of pyridine rings is 1. The Bertz CT molecular complexity index is 1060. The minimum atomic E-state index is -0.610. The van der Waals surface area contributed by atoms with Crippen molar-refractivity contribution in [2.75, 3.05) is 19.7 Å². The molecular formula is C25H31N3O5. The molecule has 1 aliphatic rings. The lowest BCUT2D eigenvalue weighted by Gasteiger charge is -2.31. The van der Waals surface area contributed by atoms with Gasteiger partial charge in [0.2, 0.25) is 5.43 Å². The van der Waals surface area contributed by atoms with Crippen LogP contribution in [0.15, 0.2) is 47.5 Å². The molecule has 1 fully saturated rings. The van der Waals surface area contributed by atoms with Crippen molar-refractivity contribution in [3.63, 3.8) is 0 Å². The minimum absolute atomic E-state index is 0.0635. The first kappa shape index (κ1) is 24.2. The molecule has 0 radical (unpaired) electrons. The molecule has 1 N–H and O–H groups in total. The first-order chi connectivity index (χ1) is 15.8. The summed E-state index contributed by atoms with van der Waals surface area (Å²) in [5.74, 6) is -1.74. The maximum absolute atomic E-state index is 13.3. The van der Waals surface area contributed by atoms with Gasteiger partial charge in [0.1, 0.15) is 11.1 Å². The van der Waals surface area contributed by atoms with E-state index < -0.39 is 23.2 Å². The van der Waals surface area contributed by atoms with Crippen molar-refractivity contribution in [1.82, 2.24) is 14.8 Å². The van der Waals surface area contributed by atoms with Crippen molar-refractivity contribution in [1.29, 1.82) is 0 Å². The number of aromatic nitrogens is 1. The quantitative estimate of drug-likeness (QED) is 0.650. The Labute approximate surface area is 193 Å². The third kappa shape index (κ3) is 5.88. The lowest BCUT2D eigenvalue weighted by Crippen LogP contribution is -2.45. The summed E-state index contributed by atoms with van der Waals surface area (Å²) in [6.45, 7) is 6.74. The molecule has 0 aliphatic carbocycles. The van der Waals surface area contributed by atoms with Crippen LogP contribution in [0, 0.1) is 5.92 Å². The number of carbonyl (C=O) groups excluding carboxylic acids is 3. The van der Waals surface area contributed by atoms with E-state index in [0.29, 0.717) is 19.4 Å². The lowest BCUT2D eigenvalue weighted by atomic mass is 9.97. The molecule has 2 heterocycles. The smallest absolute Gasteiger partial charge is 0.310 e. The molecular weight excluding hydrogens is 422 g/mol. The molecule has 0 unspecified atom stereocenters. The largest absolute Gasteiger partial charge is 0.466 e. The van der Waals surface area contributed by atoms with Crippen molar-refractivity contribution >= 4 is 17.8 Å². The summed E-state index contributed by atoms with van der Waals surface area (Å²) < 4.78 is 6.80. The van der Waals surface area contributed by atoms with Gasteiger partial charge in [-0.2, -0.15) is 0 Å². The molecule has 1 aromatic carbocycles. The molecule has 2 amide bonds. The Balaban J connectivity index is 1.86. The number of carbonyl (C=O) groups is 3. The fourth-order valence-corrected chi connectivity index (χ4v) is 3.87. The number of hydrogen-bond acceptors (Lipinski definition) is 5. The van der Waals surface area contributed by atoms with Crippen LogP contribution in [-0.2, 0) is 16.1 Å². The standard InChI is InChI=1S/C25H31N3O5/c1-4-33-25(32)19-11-8-12-27(14-19)24(31)21-16-28(17(2)3)15-20(22(21)29)23(30)26-13-18-9-6-5-7-10-18/h5-7,9-10,15-17,19H,4,8,11-14H2,1-3H3,(H,26,30)/t19-/m1/s1. The fourth-order valence-electron chi connectivity index (χ4n) is 3.87. The highest BCUT2D eigenvalue weighted by atomic mass is 16.5. The highest BCUT2D eigenvalue weighted by Gasteiger charge is 2.31. The molecule has 8 heteroatoms. The van der Waals surface area contributed by atoms with Crippen LogP contribution in [0.2, 0.25) is 0 Å². The van der Waals surface area contributed by atoms with E-state index in [-0.39, 0.29) is 42.8 Å². The topological polar surface area (TPSA) is 97.7 Å². The molecule has 0 bridgehead atoms. The van der Waals surface area contributed by atoms with E-state index in [2.05, 4.69) is 5.32 Å². The number of esters is 1. The molecule has 3 rings (SSSR count). The van der Waals surface area contributed by atoms with E-state index in [1.807, 2.05) is 44.2 Å². The average molecular weight is 454 g/mol. The van der Waals surface area contributed by atoms with Crippen molar-refractivity contribution in [3.8, 4) is 0 Å². The molecule has 176 valence electrons. The summed E-state index contributed by atoms with van der Waals surface area (Å²) in [4.78, 5) is 53.0. The van der Waals surface area contributed by atoms with Crippen LogP contribution in [0.3, 0.4) is 0 Å². The van der Waals surface area contributed by atoms with Gasteiger partial charge in [-0.1, -0.05) is 30.3 Å². The van der Waals surface area contributed by atoms with Gasteiger partial charge >= 0.3 is 5.97 Å². The van der Waals surface area contributed by atoms with Crippen LogP contribution >= 0.6 is 0 Å². The number of piperidine rings is 1. The van der Waals surface area contributed by atoms with Gasteiger partial charge in [0.25, 0.3) is 11.8 Å². The normalized spacial score (nSPS) is 15.9. The Morgan fingerprint density at radius 1 is 1.12 bits per heavy atom. The van der Waals surface area contributed by atoms with Crippen LogP contribution in [0.1, 0.15) is 65.9 Å². The summed E-state index contributed by atoms with van der Waals surface area (Å²) in [7, 11) is 0. The van der Waals surface area contributed by atoms with Crippen LogP contribution in [0.4, 0.5) is 0 Å². The van der Waals surface area contributed by atoms with Gasteiger partial charge in [-0.15, -0.1) is 0 Å². The van der Waals surface area contributed by atoms with E-state index in [0.717, 1.165) is 5.56 Å². The van der Waals surface area contributed by atoms with Crippen LogP contribution < -0.4 is 10.7 Å². The summed E-state index contributed by atoms with van der Waals surface area (Å²) >= 11 is 0. The number of benzene rings is 1. The number of hydrogen-bond donors (Lipinski definition) is 1. The molecule has 1 saturated heterocycles. The minimum Gasteiger partial charge on any atom is -0.466 e. The predicted octanol–water partition coefficient (Wildman–Crippen LogP) is 2.77. The Morgan fingerprint density at radius 3 is 2.48 bits per heavy atom. The van der Waals surface area contributed by atoms with Gasteiger partial charge in [0.05, 0.1) is 12.5 Å². The number of nitrogens with zero attached hydrogens (tertiary/aromatic N) is 2. The molecule has 1 atom stereocenters. The summed E-state index contributed by atoms with van der Waals surface area (Å²) in [6, 6.07) is 9.32. The third-order valence-corrected chi connectivity index (χ3v) is 5.74. The number of ether oxygens (including phenoxy) is 1. The van der Waals surface area contributed by atoms with Gasteiger partial charge in [0.15, 0.2) is 0 Å². The van der Waals surface area contributed by atoms with Gasteiger partial charge in [0, 0.05) is 38.1 Å². The first-order valence-electron chi connectivity index (χ1n) is 11.4. The monoisotopic (exact) mass is 453 g/mol. The molecule has 1 aromatic heterocycles. The van der Waals surface area contributed by atoms with Crippen molar-refractivity contribution in [2.45, 2.75) is 46.2 Å². The van der Waals surface area contributed by atoms with Gasteiger partial charge in [-0.05, 0) is 39.2 Å². The van der Waals surface area contributed by atoms with Crippen LogP contribution in [-0.4, -0.2) is 46.9 Å². The first-order valence-corrected chi connectivity index (χ1v) is 11.4. The number of rotatable bonds is 7. The zero-order valence-electron chi connectivity index (χ0n) is 19.4. The van der Waals surface area contributed by atoms with E-state index in [9.17, 15) is 19.2 Å². The van der Waals surface area contributed by atoms with Gasteiger partial charge in [-0.25, -0.2) is 0 Å². The molecule has 8 nitrogen and oxygen atoms in total. The van der Waals surface area contributed by atoms with Crippen molar-refractivity contribution in [2.24, 2.45) is 5.92 Å². The van der Waals surface area contributed by atoms with Crippen LogP contribution in [0.25, 0.3) is 0 Å². The predicted molar refractivity (Wildman–Crippen MR) is 124 cm³/mol. The van der Waals surface area contributed by atoms with Crippen LogP contribution in [0.5, 0.6) is 0 Å². The van der Waals surface area contributed by atoms with Crippen molar-refractivity contribution in [3.05, 3.63) is 69.6 Å². The van der Waals surface area contributed by atoms with Crippen molar-refractivity contribution < 1.29 is 19.1 Å². The Morgan fingerprint density at radius 2 is 1.82 bits per heavy atom. The second-order valence-corrected chi connectivity index (χ2v) is 8.47. The average Bonchev–Trinajstić information content (AvgIpc) is 2.83. The van der Waals surface area contributed by atoms with Gasteiger partial charge < -0.3 is 19.5 Å². The maximum Gasteiger partial charge on any atom is 0.310 e. The number of amides is 2. The Kier molecular flexibility index (Phi) is 8.03. The second-order valence-electron chi connectivity index (χ2n) is 8.47. The summed E-state index contributed by atoms with van der Waals surface area (Å²) in [6.07, 6.45) is 4.27. The highest BCUT2D eigenvalue weighted by Crippen LogP contribution is 2.20. The fraction of sp³-hybridized carbons (Fsp3) is 0.440. The SMILES string of the molecule is CCOC(=O)[C@@H]1CCCN(C(=O)c2cn(C(C)C)cc(C(=O)NCc3ccccc3)c2=O)C1. The molecule has 0 spiro atoms. The summed E-state index contributed by atoms with van der Waals surface area (Å²) in [5, 5.41) is 2.77. The summed E-state index contributed by atoms with van der Waals surface area (Å²) in [5.41, 5.74) is 0.145. The zero-order valence-corrected chi connectivity index (χ0v) is 19.4. The molecule has 33 heavy (non-hydrogen) atoms. The highest BCUT2D eigenvalue weighted by molar-refractivity contribution is 5.99. The van der Waals surface area contributed by atoms with Gasteiger partial charge in [-0.3, -0.25) is 19.2 Å². The second kappa shape index (κ2) is 10.9. The molecule has 2 aromatic rings.